The molecule has 0 spiro atoms. The van der Waals surface area contributed by atoms with Crippen LogP contribution in [0.4, 0.5) is 0 Å². The van der Waals surface area contributed by atoms with E-state index < -0.39 is 0 Å². The van der Waals surface area contributed by atoms with E-state index in [0.29, 0.717) is 10.7 Å². The first-order valence-electron chi connectivity index (χ1n) is 5.77. The SMILES string of the molecule is CCCn1ccnc1CC(C)CC(C)Br. The summed E-state index contributed by atoms with van der Waals surface area (Å²) in [7, 11) is 0. The molecule has 0 aliphatic rings. The van der Waals surface area contributed by atoms with E-state index in [0.717, 1.165) is 13.0 Å². The molecule has 15 heavy (non-hydrogen) atoms. The smallest absolute Gasteiger partial charge is 0.108 e. The Kier molecular flexibility index (Phi) is 5.37. The Morgan fingerprint density at radius 1 is 1.47 bits per heavy atom. The number of imidazole rings is 1. The van der Waals surface area contributed by atoms with Crippen molar-refractivity contribution in [2.24, 2.45) is 5.92 Å². The third-order valence-corrected chi connectivity index (χ3v) is 2.90. The van der Waals surface area contributed by atoms with Crippen molar-refractivity contribution >= 4 is 15.9 Å². The molecule has 1 aromatic rings. The summed E-state index contributed by atoms with van der Waals surface area (Å²) < 4.78 is 2.27. The van der Waals surface area contributed by atoms with Gasteiger partial charge in [-0.3, -0.25) is 0 Å². The first kappa shape index (κ1) is 12.8. The van der Waals surface area contributed by atoms with Crippen molar-refractivity contribution in [3.63, 3.8) is 0 Å². The van der Waals surface area contributed by atoms with E-state index in [9.17, 15) is 0 Å². The highest BCUT2D eigenvalue weighted by molar-refractivity contribution is 9.09. The Hall–Kier alpha value is -0.310. The van der Waals surface area contributed by atoms with Crippen molar-refractivity contribution in [1.29, 1.82) is 0 Å². The Bertz CT molecular complexity index is 281. The number of nitrogens with zero attached hydrogens (tertiary/aromatic N) is 2. The molecule has 0 aliphatic carbocycles. The predicted octanol–water partition coefficient (Wildman–Crippen LogP) is 3.65. The summed E-state index contributed by atoms with van der Waals surface area (Å²) in [5, 5.41) is 0. The molecule has 2 unspecified atom stereocenters. The number of alkyl halides is 1. The second-order valence-electron chi connectivity index (χ2n) is 4.36. The number of rotatable bonds is 6. The topological polar surface area (TPSA) is 17.8 Å². The molecule has 0 saturated heterocycles. The van der Waals surface area contributed by atoms with Crippen LogP contribution < -0.4 is 0 Å². The summed E-state index contributed by atoms with van der Waals surface area (Å²) in [6, 6.07) is 0. The highest BCUT2D eigenvalue weighted by Gasteiger charge is 2.10. The second kappa shape index (κ2) is 6.31. The number of aromatic nitrogens is 2. The standard InChI is InChI=1S/C12H21BrN2/c1-4-6-15-7-5-14-12(15)9-10(2)8-11(3)13/h5,7,10-11H,4,6,8-9H2,1-3H3. The van der Waals surface area contributed by atoms with Gasteiger partial charge in [-0.05, 0) is 18.8 Å². The second-order valence-corrected chi connectivity index (χ2v) is 5.93. The molecule has 1 rings (SSSR count). The number of halogens is 1. The Morgan fingerprint density at radius 3 is 2.80 bits per heavy atom. The molecular weight excluding hydrogens is 252 g/mol. The zero-order chi connectivity index (χ0) is 11.3. The Morgan fingerprint density at radius 2 is 2.20 bits per heavy atom. The van der Waals surface area contributed by atoms with E-state index in [1.54, 1.807) is 0 Å². The monoisotopic (exact) mass is 272 g/mol. The molecule has 0 N–H and O–H groups in total. The van der Waals surface area contributed by atoms with Gasteiger partial charge < -0.3 is 4.57 Å². The van der Waals surface area contributed by atoms with E-state index in [-0.39, 0.29) is 0 Å². The van der Waals surface area contributed by atoms with Crippen molar-refractivity contribution in [2.45, 2.75) is 51.4 Å². The quantitative estimate of drug-likeness (QED) is 0.723. The van der Waals surface area contributed by atoms with Gasteiger partial charge in [0.05, 0.1) is 0 Å². The van der Waals surface area contributed by atoms with Crippen LogP contribution in [0.2, 0.25) is 0 Å². The highest BCUT2D eigenvalue weighted by atomic mass is 79.9. The van der Waals surface area contributed by atoms with Crippen molar-refractivity contribution in [3.05, 3.63) is 18.2 Å². The fraction of sp³-hybridized carbons (Fsp3) is 0.750. The van der Waals surface area contributed by atoms with Gasteiger partial charge in [0.2, 0.25) is 0 Å². The van der Waals surface area contributed by atoms with Crippen molar-refractivity contribution in [1.82, 2.24) is 9.55 Å². The van der Waals surface area contributed by atoms with Gasteiger partial charge in [-0.25, -0.2) is 4.98 Å². The third kappa shape index (κ3) is 4.37. The van der Waals surface area contributed by atoms with Crippen LogP contribution in [0, 0.1) is 5.92 Å². The van der Waals surface area contributed by atoms with E-state index >= 15 is 0 Å². The molecule has 0 saturated carbocycles. The minimum absolute atomic E-state index is 0.599. The Balaban J connectivity index is 2.51. The van der Waals surface area contributed by atoms with Crippen LogP contribution in [0.1, 0.15) is 39.4 Å². The number of hydrogen-bond acceptors (Lipinski definition) is 1. The van der Waals surface area contributed by atoms with Crippen molar-refractivity contribution < 1.29 is 0 Å². The van der Waals surface area contributed by atoms with Gasteiger partial charge in [0, 0.05) is 30.2 Å². The average molecular weight is 273 g/mol. The molecule has 0 amide bonds. The first-order chi connectivity index (χ1) is 7.13. The van der Waals surface area contributed by atoms with Gasteiger partial charge in [0.1, 0.15) is 5.82 Å². The lowest BCUT2D eigenvalue weighted by Gasteiger charge is -2.13. The van der Waals surface area contributed by atoms with Crippen molar-refractivity contribution in [3.8, 4) is 0 Å². The van der Waals surface area contributed by atoms with E-state index in [2.05, 4.69) is 52.4 Å². The average Bonchev–Trinajstić information content (AvgIpc) is 2.52. The van der Waals surface area contributed by atoms with Crippen molar-refractivity contribution in [2.75, 3.05) is 0 Å². The zero-order valence-corrected chi connectivity index (χ0v) is 11.5. The van der Waals surface area contributed by atoms with E-state index in [1.165, 1.54) is 18.7 Å². The highest BCUT2D eigenvalue weighted by Crippen LogP contribution is 2.16. The molecule has 1 aromatic heterocycles. The lowest BCUT2D eigenvalue weighted by molar-refractivity contribution is 0.499. The van der Waals surface area contributed by atoms with Gasteiger partial charge in [-0.15, -0.1) is 0 Å². The molecule has 0 fully saturated rings. The normalized spacial score (nSPS) is 15.2. The fourth-order valence-corrected chi connectivity index (χ4v) is 2.56. The minimum atomic E-state index is 0.599. The van der Waals surface area contributed by atoms with Gasteiger partial charge in [0.25, 0.3) is 0 Å². The molecule has 2 nitrogen and oxygen atoms in total. The molecule has 0 aliphatic heterocycles. The molecule has 1 heterocycles. The van der Waals surface area contributed by atoms with Crippen LogP contribution in [-0.2, 0) is 13.0 Å². The molecule has 2 atom stereocenters. The van der Waals surface area contributed by atoms with Crippen LogP contribution in [0.15, 0.2) is 12.4 Å². The minimum Gasteiger partial charge on any atom is -0.335 e. The van der Waals surface area contributed by atoms with Crippen LogP contribution in [0.5, 0.6) is 0 Å². The first-order valence-corrected chi connectivity index (χ1v) is 6.69. The maximum Gasteiger partial charge on any atom is 0.108 e. The Labute approximate surface area is 101 Å². The van der Waals surface area contributed by atoms with Gasteiger partial charge in [-0.1, -0.05) is 36.7 Å². The van der Waals surface area contributed by atoms with Gasteiger partial charge in [0.15, 0.2) is 0 Å². The largest absolute Gasteiger partial charge is 0.335 e. The summed E-state index contributed by atoms with van der Waals surface area (Å²) in [5.41, 5.74) is 0. The zero-order valence-electron chi connectivity index (χ0n) is 9.91. The van der Waals surface area contributed by atoms with E-state index in [4.69, 9.17) is 0 Å². The summed E-state index contributed by atoms with van der Waals surface area (Å²) in [6.45, 7) is 7.79. The van der Waals surface area contributed by atoms with E-state index in [1.807, 2.05) is 6.20 Å². The summed E-state index contributed by atoms with van der Waals surface area (Å²) >= 11 is 3.60. The number of hydrogen-bond donors (Lipinski definition) is 0. The molecule has 0 bridgehead atoms. The maximum absolute atomic E-state index is 4.43. The number of aryl methyl sites for hydroxylation is 1. The maximum atomic E-state index is 4.43. The van der Waals surface area contributed by atoms with Gasteiger partial charge in [-0.2, -0.15) is 0 Å². The predicted molar refractivity (Wildman–Crippen MR) is 68.4 cm³/mol. The van der Waals surface area contributed by atoms with Gasteiger partial charge >= 0.3 is 0 Å². The van der Waals surface area contributed by atoms with Crippen LogP contribution >= 0.6 is 15.9 Å². The van der Waals surface area contributed by atoms with Crippen LogP contribution in [-0.4, -0.2) is 14.4 Å². The molecule has 0 radical (unpaired) electrons. The van der Waals surface area contributed by atoms with Crippen LogP contribution in [0.25, 0.3) is 0 Å². The van der Waals surface area contributed by atoms with Crippen LogP contribution in [0.3, 0.4) is 0 Å². The molecular formula is C12H21BrN2. The summed E-state index contributed by atoms with van der Waals surface area (Å²) in [6.07, 6.45) is 7.47. The summed E-state index contributed by atoms with van der Waals surface area (Å²) in [4.78, 5) is 5.03. The third-order valence-electron chi connectivity index (χ3n) is 2.52. The molecule has 0 aromatic carbocycles. The molecule has 3 heteroatoms. The lowest BCUT2D eigenvalue weighted by Crippen LogP contribution is -2.10. The molecule has 86 valence electrons. The lowest BCUT2D eigenvalue weighted by atomic mass is 10.0. The summed E-state index contributed by atoms with van der Waals surface area (Å²) in [5.74, 6) is 1.93. The fourth-order valence-electron chi connectivity index (χ4n) is 1.92.